The van der Waals surface area contributed by atoms with Gasteiger partial charge >= 0.3 is 5.97 Å². The van der Waals surface area contributed by atoms with E-state index in [0.29, 0.717) is 5.75 Å². The van der Waals surface area contributed by atoms with Crippen LogP contribution in [-0.2, 0) is 14.3 Å². The van der Waals surface area contributed by atoms with Gasteiger partial charge in [0.15, 0.2) is 0 Å². The number of hydrogen-bond acceptors (Lipinski definition) is 6. The molecule has 0 aliphatic carbocycles. The summed E-state index contributed by atoms with van der Waals surface area (Å²) in [5, 5.41) is 11.1. The minimum Gasteiger partial charge on any atom is -0.507 e. The van der Waals surface area contributed by atoms with Crippen molar-refractivity contribution in [2.75, 3.05) is 18.6 Å². The summed E-state index contributed by atoms with van der Waals surface area (Å²) in [5.74, 6) is -2.98. The van der Waals surface area contributed by atoms with Crippen molar-refractivity contribution in [3.63, 3.8) is 0 Å². The molecule has 178 valence electrons. The van der Waals surface area contributed by atoms with E-state index < -0.39 is 35.3 Å². The van der Waals surface area contributed by atoms with Crippen LogP contribution in [-0.4, -0.2) is 36.5 Å². The van der Waals surface area contributed by atoms with Crippen LogP contribution in [0.25, 0.3) is 5.76 Å². The van der Waals surface area contributed by atoms with Crippen molar-refractivity contribution in [1.82, 2.24) is 0 Å². The molecule has 0 bridgehead atoms. The maximum absolute atomic E-state index is 14.9. The number of aliphatic hydroxyl groups is 1. The highest BCUT2D eigenvalue weighted by molar-refractivity contribution is 6.51. The lowest BCUT2D eigenvalue weighted by atomic mass is 9.94. The molecule has 7 nitrogen and oxygen atoms in total. The van der Waals surface area contributed by atoms with Gasteiger partial charge in [-0.15, -0.1) is 0 Å². The van der Waals surface area contributed by atoms with Gasteiger partial charge in [0.2, 0.25) is 0 Å². The van der Waals surface area contributed by atoms with Crippen molar-refractivity contribution >= 4 is 29.1 Å². The topological polar surface area (TPSA) is 93.1 Å². The minimum absolute atomic E-state index is 0.0382. The Balaban J connectivity index is 1.86. The summed E-state index contributed by atoms with van der Waals surface area (Å²) >= 11 is 0. The molecule has 1 heterocycles. The lowest BCUT2D eigenvalue weighted by Gasteiger charge is -2.26. The predicted molar refractivity (Wildman–Crippen MR) is 127 cm³/mol. The quantitative estimate of drug-likeness (QED) is 0.242. The van der Waals surface area contributed by atoms with Crippen LogP contribution in [0.4, 0.5) is 10.1 Å². The van der Waals surface area contributed by atoms with Crippen LogP contribution < -0.4 is 9.64 Å². The highest BCUT2D eigenvalue weighted by Crippen LogP contribution is 2.43. The second kappa shape index (κ2) is 9.80. The Bertz CT molecular complexity index is 1310. The molecule has 4 rings (SSSR count). The summed E-state index contributed by atoms with van der Waals surface area (Å²) < 4.78 is 25.1. The third-order valence-corrected chi connectivity index (χ3v) is 5.66. The van der Waals surface area contributed by atoms with E-state index in [2.05, 4.69) is 0 Å². The number of nitrogens with zero attached hydrogens (tertiary/aromatic N) is 1. The standard InChI is InChI=1S/C27H22FNO6/c1-3-35-27(33)17-8-12-18(13-9-17)29-23(20-6-4-5-7-21(20)28)22(25(31)26(29)32)24(30)16-10-14-19(34-2)15-11-16/h4-15,23,30H,3H2,1-2H3/t23-/m0/s1. The summed E-state index contributed by atoms with van der Waals surface area (Å²) in [4.78, 5) is 39.4. The fraction of sp³-hybridized carbons (Fsp3) is 0.148. The largest absolute Gasteiger partial charge is 0.507 e. The fourth-order valence-corrected chi connectivity index (χ4v) is 3.97. The molecule has 1 N–H and O–H groups in total. The van der Waals surface area contributed by atoms with E-state index in [1.54, 1.807) is 25.1 Å². The zero-order chi connectivity index (χ0) is 25.1. The first-order valence-electron chi connectivity index (χ1n) is 10.8. The first-order valence-corrected chi connectivity index (χ1v) is 10.8. The van der Waals surface area contributed by atoms with E-state index >= 15 is 0 Å². The molecule has 8 heteroatoms. The van der Waals surface area contributed by atoms with Gasteiger partial charge in [0.1, 0.15) is 17.3 Å². The average molecular weight is 475 g/mol. The summed E-state index contributed by atoms with van der Waals surface area (Å²) in [6, 6.07) is 16.6. The number of hydrogen-bond donors (Lipinski definition) is 1. The molecular weight excluding hydrogens is 453 g/mol. The number of Topliss-reactive ketones (excluding diaryl/α,β-unsaturated/α-hetero) is 1. The monoisotopic (exact) mass is 475 g/mol. The number of rotatable bonds is 6. The van der Waals surface area contributed by atoms with Gasteiger partial charge in [-0.1, -0.05) is 18.2 Å². The third-order valence-electron chi connectivity index (χ3n) is 5.66. The molecule has 1 fully saturated rings. The molecule has 35 heavy (non-hydrogen) atoms. The summed E-state index contributed by atoms with van der Waals surface area (Å²) in [6.07, 6.45) is 0. The van der Waals surface area contributed by atoms with Crippen LogP contribution in [0, 0.1) is 5.82 Å². The summed E-state index contributed by atoms with van der Waals surface area (Å²) in [5.41, 5.74) is 0.564. The number of anilines is 1. The van der Waals surface area contributed by atoms with Gasteiger partial charge in [-0.05, 0) is 61.5 Å². The van der Waals surface area contributed by atoms with Gasteiger partial charge in [0.25, 0.3) is 11.7 Å². The molecule has 0 spiro atoms. The van der Waals surface area contributed by atoms with E-state index in [1.807, 2.05) is 0 Å². The van der Waals surface area contributed by atoms with Crippen molar-refractivity contribution in [2.45, 2.75) is 13.0 Å². The Morgan fingerprint density at radius 3 is 2.20 bits per heavy atom. The normalized spacial score (nSPS) is 16.9. The van der Waals surface area contributed by atoms with E-state index in [-0.39, 0.29) is 34.6 Å². The number of methoxy groups -OCH3 is 1. The Morgan fingerprint density at radius 1 is 0.971 bits per heavy atom. The van der Waals surface area contributed by atoms with Crippen LogP contribution in [0.5, 0.6) is 5.75 Å². The second-order valence-electron chi connectivity index (χ2n) is 7.69. The van der Waals surface area contributed by atoms with Gasteiger partial charge in [-0.25, -0.2) is 9.18 Å². The van der Waals surface area contributed by atoms with Crippen molar-refractivity contribution in [2.24, 2.45) is 0 Å². The second-order valence-corrected chi connectivity index (χ2v) is 7.69. The van der Waals surface area contributed by atoms with Crippen LogP contribution in [0.3, 0.4) is 0 Å². The van der Waals surface area contributed by atoms with Gasteiger partial charge in [-0.3, -0.25) is 14.5 Å². The smallest absolute Gasteiger partial charge is 0.338 e. The Morgan fingerprint density at radius 2 is 1.60 bits per heavy atom. The van der Waals surface area contributed by atoms with Gasteiger partial charge in [-0.2, -0.15) is 0 Å². The SMILES string of the molecule is CCOC(=O)c1ccc(N2C(=O)C(=O)C(=C(O)c3ccc(OC)cc3)[C@@H]2c2ccccc2F)cc1. The summed E-state index contributed by atoms with van der Waals surface area (Å²) in [7, 11) is 1.49. The van der Waals surface area contributed by atoms with Gasteiger partial charge in [0, 0.05) is 16.8 Å². The number of halogens is 1. The van der Waals surface area contributed by atoms with Crippen LogP contribution in [0.1, 0.15) is 34.5 Å². The number of aliphatic hydroxyl groups excluding tert-OH is 1. The molecule has 1 amide bonds. The van der Waals surface area contributed by atoms with Crippen molar-refractivity contribution in [3.05, 3.63) is 101 Å². The summed E-state index contributed by atoms with van der Waals surface area (Å²) in [6.45, 7) is 1.89. The molecule has 0 radical (unpaired) electrons. The molecule has 3 aromatic carbocycles. The number of ketones is 1. The molecule has 1 aliphatic heterocycles. The number of carbonyl (C=O) groups is 3. The third kappa shape index (κ3) is 4.38. The van der Waals surface area contributed by atoms with E-state index in [4.69, 9.17) is 9.47 Å². The number of amides is 1. The molecule has 1 saturated heterocycles. The highest BCUT2D eigenvalue weighted by Gasteiger charge is 2.47. The predicted octanol–water partition coefficient (Wildman–Crippen LogP) is 4.64. The van der Waals surface area contributed by atoms with Gasteiger partial charge < -0.3 is 14.6 Å². The highest BCUT2D eigenvalue weighted by atomic mass is 19.1. The van der Waals surface area contributed by atoms with Crippen molar-refractivity contribution in [1.29, 1.82) is 0 Å². The van der Waals surface area contributed by atoms with Gasteiger partial charge in [0.05, 0.1) is 30.9 Å². The lowest BCUT2D eigenvalue weighted by molar-refractivity contribution is -0.132. The minimum atomic E-state index is -1.23. The molecule has 0 saturated carbocycles. The average Bonchev–Trinajstić information content (AvgIpc) is 3.14. The van der Waals surface area contributed by atoms with E-state index in [1.165, 1.54) is 61.7 Å². The number of benzene rings is 3. The zero-order valence-electron chi connectivity index (χ0n) is 19.0. The molecule has 1 aliphatic rings. The maximum atomic E-state index is 14.9. The zero-order valence-corrected chi connectivity index (χ0v) is 19.0. The lowest BCUT2D eigenvalue weighted by Crippen LogP contribution is -2.29. The first-order chi connectivity index (χ1) is 16.9. The Kier molecular flexibility index (Phi) is 6.64. The maximum Gasteiger partial charge on any atom is 0.338 e. The number of ether oxygens (including phenoxy) is 2. The molecule has 1 atom stereocenters. The number of esters is 1. The van der Waals surface area contributed by atoms with Crippen LogP contribution >= 0.6 is 0 Å². The first kappa shape index (κ1) is 23.7. The van der Waals surface area contributed by atoms with Crippen molar-refractivity contribution in [3.8, 4) is 5.75 Å². The van der Waals surface area contributed by atoms with Crippen LogP contribution in [0.2, 0.25) is 0 Å². The Hall–Kier alpha value is -4.46. The Labute approximate surface area is 201 Å². The van der Waals surface area contributed by atoms with E-state index in [0.717, 1.165) is 4.90 Å². The van der Waals surface area contributed by atoms with Crippen molar-refractivity contribution < 1.29 is 33.4 Å². The molecule has 3 aromatic rings. The molecular formula is C27H22FNO6. The number of carbonyl (C=O) groups excluding carboxylic acids is 3. The fourth-order valence-electron chi connectivity index (χ4n) is 3.97. The molecule has 0 aromatic heterocycles. The molecule has 0 unspecified atom stereocenters. The van der Waals surface area contributed by atoms with E-state index in [9.17, 15) is 23.9 Å². The van der Waals surface area contributed by atoms with Crippen LogP contribution in [0.15, 0.2) is 78.4 Å².